The van der Waals surface area contributed by atoms with E-state index in [9.17, 15) is 4.79 Å². The molecule has 1 unspecified atom stereocenters. The van der Waals surface area contributed by atoms with Crippen molar-refractivity contribution < 1.29 is 14.6 Å². The van der Waals surface area contributed by atoms with Gasteiger partial charge in [0, 0.05) is 4.90 Å². The van der Waals surface area contributed by atoms with E-state index in [0.29, 0.717) is 11.3 Å². The van der Waals surface area contributed by atoms with Crippen LogP contribution in [0.1, 0.15) is 11.6 Å². The normalized spacial score (nSPS) is 12.2. The summed E-state index contributed by atoms with van der Waals surface area (Å²) >= 11 is 1.45. The SMILES string of the molecule is COc1ccc(C(N)C(=O)O)c(SC)c1. The lowest BCUT2D eigenvalue weighted by atomic mass is 10.1. The molecule has 82 valence electrons. The van der Waals surface area contributed by atoms with Gasteiger partial charge in [-0.1, -0.05) is 6.07 Å². The molecule has 1 aromatic carbocycles. The number of methoxy groups -OCH3 is 1. The van der Waals surface area contributed by atoms with Crippen molar-refractivity contribution in [1.29, 1.82) is 0 Å². The third-order valence-corrected chi connectivity index (χ3v) is 2.84. The van der Waals surface area contributed by atoms with Crippen molar-refractivity contribution in [3.63, 3.8) is 0 Å². The highest BCUT2D eigenvalue weighted by Gasteiger charge is 2.17. The Morgan fingerprint density at radius 2 is 2.27 bits per heavy atom. The van der Waals surface area contributed by atoms with Gasteiger partial charge in [0.15, 0.2) is 0 Å². The Kier molecular flexibility index (Phi) is 3.99. The van der Waals surface area contributed by atoms with E-state index in [0.717, 1.165) is 4.90 Å². The number of hydrogen-bond donors (Lipinski definition) is 2. The van der Waals surface area contributed by atoms with Crippen LogP contribution < -0.4 is 10.5 Å². The highest BCUT2D eigenvalue weighted by molar-refractivity contribution is 7.98. The minimum atomic E-state index is -1.03. The number of aliphatic carboxylic acids is 1. The van der Waals surface area contributed by atoms with Crippen LogP contribution in [0.5, 0.6) is 5.75 Å². The molecule has 1 aromatic rings. The Morgan fingerprint density at radius 3 is 2.73 bits per heavy atom. The zero-order chi connectivity index (χ0) is 11.4. The van der Waals surface area contributed by atoms with Gasteiger partial charge < -0.3 is 15.6 Å². The molecular weight excluding hydrogens is 214 g/mol. The van der Waals surface area contributed by atoms with Gasteiger partial charge in [0.25, 0.3) is 0 Å². The highest BCUT2D eigenvalue weighted by atomic mass is 32.2. The molecule has 4 nitrogen and oxygen atoms in total. The van der Waals surface area contributed by atoms with Crippen molar-refractivity contribution >= 4 is 17.7 Å². The van der Waals surface area contributed by atoms with Crippen LogP contribution in [0.25, 0.3) is 0 Å². The first-order valence-electron chi connectivity index (χ1n) is 4.30. The third-order valence-electron chi connectivity index (χ3n) is 2.04. The maximum atomic E-state index is 10.8. The molecule has 0 aliphatic carbocycles. The summed E-state index contributed by atoms with van der Waals surface area (Å²) in [6.45, 7) is 0. The van der Waals surface area contributed by atoms with Gasteiger partial charge in [-0.25, -0.2) is 0 Å². The third kappa shape index (κ3) is 2.64. The first-order chi connectivity index (χ1) is 7.10. The fraction of sp³-hybridized carbons (Fsp3) is 0.300. The van der Waals surface area contributed by atoms with Crippen LogP contribution in [0.4, 0.5) is 0 Å². The molecule has 0 heterocycles. The van der Waals surface area contributed by atoms with Gasteiger partial charge in [0.2, 0.25) is 0 Å². The molecule has 0 saturated carbocycles. The Labute approximate surface area is 92.4 Å². The molecule has 0 fully saturated rings. The van der Waals surface area contributed by atoms with Crippen LogP contribution in [-0.4, -0.2) is 24.4 Å². The Bertz CT molecular complexity index is 368. The molecule has 0 saturated heterocycles. The fourth-order valence-corrected chi connectivity index (χ4v) is 1.87. The predicted molar refractivity (Wildman–Crippen MR) is 59.3 cm³/mol. The Balaban J connectivity index is 3.12. The topological polar surface area (TPSA) is 72.5 Å². The number of thioether (sulfide) groups is 1. The Morgan fingerprint density at radius 1 is 1.60 bits per heavy atom. The lowest BCUT2D eigenvalue weighted by Crippen LogP contribution is -2.21. The van der Waals surface area contributed by atoms with Gasteiger partial charge in [0.1, 0.15) is 11.8 Å². The molecule has 1 atom stereocenters. The van der Waals surface area contributed by atoms with E-state index < -0.39 is 12.0 Å². The molecule has 0 radical (unpaired) electrons. The molecule has 1 rings (SSSR count). The number of carboxylic acids is 1. The average molecular weight is 227 g/mol. The van der Waals surface area contributed by atoms with Gasteiger partial charge in [-0.2, -0.15) is 0 Å². The molecule has 0 bridgehead atoms. The fourth-order valence-electron chi connectivity index (χ4n) is 1.21. The van der Waals surface area contributed by atoms with Gasteiger partial charge in [-0.15, -0.1) is 11.8 Å². The standard InChI is InChI=1S/C10H13NO3S/c1-14-6-3-4-7(8(5-6)15-2)9(11)10(12)13/h3-5,9H,11H2,1-2H3,(H,12,13). The summed E-state index contributed by atoms with van der Waals surface area (Å²) in [5, 5.41) is 8.82. The van der Waals surface area contributed by atoms with Crippen LogP contribution in [0.15, 0.2) is 23.1 Å². The summed E-state index contributed by atoms with van der Waals surface area (Å²) in [7, 11) is 1.57. The quantitative estimate of drug-likeness (QED) is 0.763. The number of rotatable bonds is 4. The first kappa shape index (κ1) is 11.9. The highest BCUT2D eigenvalue weighted by Crippen LogP contribution is 2.28. The van der Waals surface area contributed by atoms with Crippen molar-refractivity contribution in [3.05, 3.63) is 23.8 Å². The van der Waals surface area contributed by atoms with Crippen molar-refractivity contribution in [2.24, 2.45) is 5.73 Å². The summed E-state index contributed by atoms with van der Waals surface area (Å²) in [5.41, 5.74) is 6.16. The lowest BCUT2D eigenvalue weighted by Gasteiger charge is -2.12. The van der Waals surface area contributed by atoms with Crippen molar-refractivity contribution in [2.45, 2.75) is 10.9 Å². The van der Waals surface area contributed by atoms with Gasteiger partial charge >= 0.3 is 5.97 Å². The molecule has 0 aliphatic heterocycles. The smallest absolute Gasteiger partial charge is 0.325 e. The van der Waals surface area contributed by atoms with Crippen molar-refractivity contribution in [2.75, 3.05) is 13.4 Å². The zero-order valence-corrected chi connectivity index (χ0v) is 9.38. The van der Waals surface area contributed by atoms with Crippen LogP contribution in [0.3, 0.4) is 0 Å². The van der Waals surface area contributed by atoms with Crippen LogP contribution in [-0.2, 0) is 4.79 Å². The largest absolute Gasteiger partial charge is 0.497 e. The van der Waals surface area contributed by atoms with Crippen molar-refractivity contribution in [3.8, 4) is 5.75 Å². The molecule has 0 aliphatic rings. The van der Waals surface area contributed by atoms with E-state index in [-0.39, 0.29) is 0 Å². The van der Waals surface area contributed by atoms with Crippen LogP contribution >= 0.6 is 11.8 Å². The molecule has 0 amide bonds. The van der Waals surface area contributed by atoms with Crippen molar-refractivity contribution in [1.82, 2.24) is 0 Å². The van der Waals surface area contributed by atoms with Crippen LogP contribution in [0, 0.1) is 0 Å². The maximum absolute atomic E-state index is 10.8. The van der Waals surface area contributed by atoms with Gasteiger partial charge in [-0.05, 0) is 24.0 Å². The molecule has 0 spiro atoms. The average Bonchev–Trinajstić information content (AvgIpc) is 2.27. The predicted octanol–water partition coefficient (Wildman–Crippen LogP) is 1.50. The number of nitrogens with two attached hydrogens (primary N) is 1. The number of carboxylic acid groups (broad SMARTS) is 1. The molecule has 3 N–H and O–H groups in total. The molecule has 0 aromatic heterocycles. The summed E-state index contributed by atoms with van der Waals surface area (Å²) < 4.78 is 5.05. The number of carbonyl (C=O) groups is 1. The monoisotopic (exact) mass is 227 g/mol. The summed E-state index contributed by atoms with van der Waals surface area (Å²) in [4.78, 5) is 11.6. The van der Waals surface area contributed by atoms with Crippen LogP contribution in [0.2, 0.25) is 0 Å². The van der Waals surface area contributed by atoms with E-state index in [1.807, 2.05) is 6.26 Å². The number of hydrogen-bond acceptors (Lipinski definition) is 4. The van der Waals surface area contributed by atoms with Gasteiger partial charge in [-0.3, -0.25) is 4.79 Å². The van der Waals surface area contributed by atoms with E-state index in [1.165, 1.54) is 11.8 Å². The summed E-state index contributed by atoms with van der Waals surface area (Å²) in [6, 6.07) is 4.18. The lowest BCUT2D eigenvalue weighted by molar-refractivity contribution is -0.138. The minimum absolute atomic E-state index is 0.607. The summed E-state index contributed by atoms with van der Waals surface area (Å²) in [6.07, 6.45) is 1.87. The number of ether oxygens (including phenoxy) is 1. The Hall–Kier alpha value is -1.20. The summed E-state index contributed by atoms with van der Waals surface area (Å²) in [5.74, 6) is -0.337. The van der Waals surface area contributed by atoms with E-state index in [4.69, 9.17) is 15.6 Å². The zero-order valence-electron chi connectivity index (χ0n) is 8.56. The van der Waals surface area contributed by atoms with E-state index in [2.05, 4.69) is 0 Å². The molecule has 5 heteroatoms. The maximum Gasteiger partial charge on any atom is 0.325 e. The van der Waals surface area contributed by atoms with Gasteiger partial charge in [0.05, 0.1) is 7.11 Å². The number of benzene rings is 1. The first-order valence-corrected chi connectivity index (χ1v) is 5.53. The van der Waals surface area contributed by atoms with E-state index >= 15 is 0 Å². The van der Waals surface area contributed by atoms with E-state index in [1.54, 1.807) is 25.3 Å². The minimum Gasteiger partial charge on any atom is -0.497 e. The molecular formula is C10H13NO3S. The second kappa shape index (κ2) is 5.04. The molecule has 15 heavy (non-hydrogen) atoms. The second-order valence-corrected chi connectivity index (χ2v) is 3.77. The second-order valence-electron chi connectivity index (χ2n) is 2.92.